The molecular weight excluding hydrogens is 294 g/mol. The van der Waals surface area contributed by atoms with E-state index in [9.17, 15) is 14.7 Å². The molecule has 1 aromatic carbocycles. The zero-order valence-electron chi connectivity index (χ0n) is 13.8. The average molecular weight is 317 g/mol. The molecule has 23 heavy (non-hydrogen) atoms. The second-order valence-corrected chi connectivity index (χ2v) is 5.72. The normalized spacial score (nSPS) is 10.7. The van der Waals surface area contributed by atoms with Crippen molar-refractivity contribution < 1.29 is 19.4 Å². The zero-order valence-corrected chi connectivity index (χ0v) is 13.8. The number of amides is 1. The highest BCUT2D eigenvalue weighted by Gasteiger charge is 2.32. The highest BCUT2D eigenvalue weighted by atomic mass is 16.5. The van der Waals surface area contributed by atoms with Crippen molar-refractivity contribution in [2.45, 2.75) is 26.3 Å². The second-order valence-electron chi connectivity index (χ2n) is 5.72. The van der Waals surface area contributed by atoms with E-state index in [0.717, 1.165) is 22.8 Å². The molecule has 0 aliphatic rings. The summed E-state index contributed by atoms with van der Waals surface area (Å²) in [5.41, 5.74) is 2.03. The lowest BCUT2D eigenvalue weighted by Crippen LogP contribution is -2.46. The van der Waals surface area contributed by atoms with Gasteiger partial charge in [0.25, 0.3) is 0 Å². The van der Waals surface area contributed by atoms with E-state index in [2.05, 4.69) is 13.2 Å². The quantitative estimate of drug-likeness (QED) is 0.615. The number of esters is 1. The van der Waals surface area contributed by atoms with Crippen LogP contribution in [0.5, 0.6) is 0 Å². The minimum absolute atomic E-state index is 0.0234. The van der Waals surface area contributed by atoms with E-state index in [4.69, 9.17) is 4.74 Å². The van der Waals surface area contributed by atoms with Gasteiger partial charge in [0.15, 0.2) is 0 Å². The lowest BCUT2D eigenvalue weighted by Gasteiger charge is -2.37. The summed E-state index contributed by atoms with van der Waals surface area (Å²) in [7, 11) is 0. The van der Waals surface area contributed by atoms with Gasteiger partial charge in [-0.3, -0.25) is 4.90 Å². The van der Waals surface area contributed by atoms with Crippen LogP contribution in [0.15, 0.2) is 43.5 Å². The van der Waals surface area contributed by atoms with Gasteiger partial charge in [-0.15, -0.1) is 0 Å². The first-order valence-corrected chi connectivity index (χ1v) is 7.26. The molecule has 5 nitrogen and oxygen atoms in total. The average Bonchev–Trinajstić information content (AvgIpc) is 2.50. The summed E-state index contributed by atoms with van der Waals surface area (Å²) >= 11 is 0. The van der Waals surface area contributed by atoms with Crippen molar-refractivity contribution in [2.75, 3.05) is 13.2 Å². The van der Waals surface area contributed by atoms with Crippen molar-refractivity contribution >= 4 is 17.6 Å². The molecule has 1 aromatic rings. The van der Waals surface area contributed by atoms with Crippen LogP contribution in [0, 0.1) is 0 Å². The number of carbonyl (C=O) groups excluding carboxylic acids is 1. The van der Waals surface area contributed by atoms with E-state index in [1.54, 1.807) is 0 Å². The Labute approximate surface area is 136 Å². The maximum Gasteiger partial charge on any atom is 0.408 e. The van der Waals surface area contributed by atoms with Crippen LogP contribution in [0.4, 0.5) is 4.79 Å². The van der Waals surface area contributed by atoms with E-state index >= 15 is 0 Å². The monoisotopic (exact) mass is 317 g/mol. The Morgan fingerprint density at radius 1 is 1.30 bits per heavy atom. The van der Waals surface area contributed by atoms with Crippen LogP contribution in [0.1, 0.15) is 31.9 Å². The number of hydrogen-bond acceptors (Lipinski definition) is 3. The van der Waals surface area contributed by atoms with Crippen molar-refractivity contribution in [2.24, 2.45) is 0 Å². The van der Waals surface area contributed by atoms with Gasteiger partial charge in [-0.25, -0.2) is 9.59 Å². The number of rotatable bonds is 7. The highest BCUT2D eigenvalue weighted by Crippen LogP contribution is 2.29. The van der Waals surface area contributed by atoms with Crippen LogP contribution in [0.3, 0.4) is 0 Å². The number of ether oxygens (including phenoxy) is 1. The molecule has 0 aliphatic carbocycles. The molecule has 0 bridgehead atoms. The summed E-state index contributed by atoms with van der Waals surface area (Å²) in [5, 5.41) is 9.49. The Morgan fingerprint density at radius 2 is 1.87 bits per heavy atom. The van der Waals surface area contributed by atoms with Crippen LogP contribution < -0.4 is 0 Å². The number of benzene rings is 1. The minimum atomic E-state index is -1.08. The van der Waals surface area contributed by atoms with Crippen LogP contribution in [0.2, 0.25) is 0 Å². The predicted octanol–water partition coefficient (Wildman–Crippen LogP) is 3.66. The van der Waals surface area contributed by atoms with Gasteiger partial charge in [0.05, 0.1) is 12.1 Å². The summed E-state index contributed by atoms with van der Waals surface area (Å²) in [6, 6.07) is 7.60. The molecule has 0 saturated heterocycles. The fourth-order valence-electron chi connectivity index (χ4n) is 2.23. The molecular formula is C18H23NO4. The molecule has 0 fully saturated rings. The van der Waals surface area contributed by atoms with Gasteiger partial charge in [0.2, 0.25) is 0 Å². The smallest absolute Gasteiger partial charge is 0.408 e. The Morgan fingerprint density at radius 3 is 2.30 bits per heavy atom. The largest absolute Gasteiger partial charge is 0.465 e. The van der Waals surface area contributed by atoms with Crippen LogP contribution in [-0.2, 0) is 15.1 Å². The molecule has 124 valence electrons. The molecule has 1 rings (SSSR count). The fourth-order valence-corrected chi connectivity index (χ4v) is 2.23. The molecule has 0 aromatic heterocycles. The molecule has 0 unspecified atom stereocenters. The minimum Gasteiger partial charge on any atom is -0.465 e. The SMILES string of the molecule is C=CC(=O)OCCN(C(=O)O)C(C)(C)c1ccc(C(=C)C)cc1. The van der Waals surface area contributed by atoms with Crippen molar-refractivity contribution in [3.63, 3.8) is 0 Å². The fraction of sp³-hybridized carbons (Fsp3) is 0.333. The molecule has 0 radical (unpaired) electrons. The summed E-state index contributed by atoms with van der Waals surface area (Å²) in [5.74, 6) is -0.570. The van der Waals surface area contributed by atoms with Crippen LogP contribution in [-0.4, -0.2) is 35.2 Å². The third-order valence-electron chi connectivity index (χ3n) is 3.72. The molecule has 0 heterocycles. The number of carboxylic acid groups (broad SMARTS) is 1. The summed E-state index contributed by atoms with van der Waals surface area (Å²) in [6.07, 6.45) is -0.0271. The van der Waals surface area contributed by atoms with E-state index in [0.29, 0.717) is 0 Å². The molecule has 5 heteroatoms. The third kappa shape index (κ3) is 4.71. The van der Waals surface area contributed by atoms with E-state index in [1.807, 2.05) is 45.0 Å². The Kier molecular flexibility index (Phi) is 6.13. The summed E-state index contributed by atoms with van der Waals surface area (Å²) in [4.78, 5) is 23.9. The van der Waals surface area contributed by atoms with Crippen molar-refractivity contribution in [1.82, 2.24) is 4.90 Å². The Bertz CT molecular complexity index is 602. The van der Waals surface area contributed by atoms with Crippen molar-refractivity contribution in [3.8, 4) is 0 Å². The van der Waals surface area contributed by atoms with Gasteiger partial charge in [-0.2, -0.15) is 0 Å². The molecule has 0 spiro atoms. The van der Waals surface area contributed by atoms with E-state index in [1.165, 1.54) is 4.90 Å². The number of hydrogen-bond donors (Lipinski definition) is 1. The van der Waals surface area contributed by atoms with Gasteiger partial charge in [0, 0.05) is 6.08 Å². The number of nitrogens with zero attached hydrogens (tertiary/aromatic N) is 1. The maximum absolute atomic E-state index is 11.6. The Balaban J connectivity index is 2.94. The van der Waals surface area contributed by atoms with Gasteiger partial charge in [-0.1, -0.05) is 43.0 Å². The zero-order chi connectivity index (χ0) is 17.6. The van der Waals surface area contributed by atoms with Crippen LogP contribution >= 0.6 is 0 Å². The molecule has 1 amide bonds. The first-order chi connectivity index (χ1) is 10.7. The van der Waals surface area contributed by atoms with E-state index < -0.39 is 17.6 Å². The third-order valence-corrected chi connectivity index (χ3v) is 3.72. The van der Waals surface area contributed by atoms with Gasteiger partial charge < -0.3 is 9.84 Å². The van der Waals surface area contributed by atoms with Crippen molar-refractivity contribution in [1.29, 1.82) is 0 Å². The van der Waals surface area contributed by atoms with Crippen LogP contribution in [0.25, 0.3) is 5.57 Å². The molecule has 0 saturated carbocycles. The highest BCUT2D eigenvalue weighted by molar-refractivity contribution is 5.81. The molecule has 0 aliphatic heterocycles. The summed E-state index contributed by atoms with van der Waals surface area (Å²) in [6.45, 7) is 12.8. The standard InChI is InChI=1S/C18H23NO4/c1-6-16(20)23-12-11-19(17(21)22)18(4,5)15-9-7-14(8-10-15)13(2)3/h6-10H,1-2,11-12H2,3-5H3,(H,21,22). The van der Waals surface area contributed by atoms with Crippen molar-refractivity contribution in [3.05, 3.63) is 54.6 Å². The Hall–Kier alpha value is -2.56. The lowest BCUT2D eigenvalue weighted by molar-refractivity contribution is -0.138. The van der Waals surface area contributed by atoms with Gasteiger partial charge in [0.1, 0.15) is 6.61 Å². The lowest BCUT2D eigenvalue weighted by atomic mass is 9.91. The molecule has 0 atom stereocenters. The first-order valence-electron chi connectivity index (χ1n) is 7.26. The number of allylic oxidation sites excluding steroid dienone is 1. The van der Waals surface area contributed by atoms with E-state index in [-0.39, 0.29) is 13.2 Å². The van der Waals surface area contributed by atoms with Gasteiger partial charge >= 0.3 is 12.1 Å². The molecule has 1 N–H and O–H groups in total. The maximum atomic E-state index is 11.6. The second kappa shape index (κ2) is 7.63. The number of carbonyl (C=O) groups is 2. The topological polar surface area (TPSA) is 66.8 Å². The first kappa shape index (κ1) is 18.5. The van der Waals surface area contributed by atoms with Gasteiger partial charge in [-0.05, 0) is 31.9 Å². The summed E-state index contributed by atoms with van der Waals surface area (Å²) < 4.78 is 4.88. The predicted molar refractivity (Wildman–Crippen MR) is 90.1 cm³/mol.